The molecular weight excluding hydrogens is 293 g/mol. The fourth-order valence-electron chi connectivity index (χ4n) is 2.15. The first-order chi connectivity index (χ1) is 11.2. The van der Waals surface area contributed by atoms with Gasteiger partial charge in [0.2, 0.25) is 0 Å². The van der Waals surface area contributed by atoms with Gasteiger partial charge >= 0.3 is 0 Å². The third kappa shape index (κ3) is 5.62. The molecule has 0 unspecified atom stereocenters. The Labute approximate surface area is 136 Å². The predicted molar refractivity (Wildman–Crippen MR) is 91.0 cm³/mol. The number of aliphatic imine (C=N–C) groups is 1. The maximum Gasteiger partial charge on any atom is 0.191 e. The minimum Gasteiger partial charge on any atom is -0.494 e. The van der Waals surface area contributed by atoms with Crippen molar-refractivity contribution in [2.45, 2.75) is 20.0 Å². The van der Waals surface area contributed by atoms with E-state index in [1.54, 1.807) is 13.1 Å². The molecule has 0 bridgehead atoms. The molecule has 0 heterocycles. The summed E-state index contributed by atoms with van der Waals surface area (Å²) in [6, 6.07) is 14.4. The standard InChI is InChI=1S/C18H22FN3O/c1-3-23-17-9-5-7-15(11-17)13-22-18(20-2)21-12-14-6-4-8-16(19)10-14/h4-11H,3,12-13H2,1-2H3,(H2,20,21,22). The van der Waals surface area contributed by atoms with Crippen molar-refractivity contribution >= 4 is 5.96 Å². The lowest BCUT2D eigenvalue weighted by Gasteiger charge is -2.13. The molecule has 0 amide bonds. The Morgan fingerprint density at radius 1 is 1.04 bits per heavy atom. The molecule has 2 N–H and O–H groups in total. The van der Waals surface area contributed by atoms with Crippen LogP contribution in [0.1, 0.15) is 18.1 Å². The molecule has 0 saturated carbocycles. The summed E-state index contributed by atoms with van der Waals surface area (Å²) >= 11 is 0. The highest BCUT2D eigenvalue weighted by atomic mass is 19.1. The Hall–Kier alpha value is -2.56. The van der Waals surface area contributed by atoms with Gasteiger partial charge in [-0.15, -0.1) is 0 Å². The van der Waals surface area contributed by atoms with E-state index in [2.05, 4.69) is 15.6 Å². The second-order valence-corrected chi connectivity index (χ2v) is 4.99. The van der Waals surface area contributed by atoms with Crippen molar-refractivity contribution in [3.8, 4) is 5.75 Å². The molecule has 0 aliphatic carbocycles. The molecule has 23 heavy (non-hydrogen) atoms. The Bertz CT molecular complexity index is 658. The number of halogens is 1. The van der Waals surface area contributed by atoms with Crippen molar-refractivity contribution in [2.24, 2.45) is 4.99 Å². The maximum absolute atomic E-state index is 13.2. The van der Waals surface area contributed by atoms with Crippen LogP contribution in [0.4, 0.5) is 4.39 Å². The molecule has 0 spiro atoms. The van der Waals surface area contributed by atoms with Gasteiger partial charge in [0.25, 0.3) is 0 Å². The monoisotopic (exact) mass is 315 g/mol. The van der Waals surface area contributed by atoms with Crippen molar-refractivity contribution in [1.29, 1.82) is 0 Å². The highest BCUT2D eigenvalue weighted by Gasteiger charge is 2.01. The van der Waals surface area contributed by atoms with Crippen molar-refractivity contribution in [3.05, 3.63) is 65.5 Å². The molecule has 0 radical (unpaired) electrons. The van der Waals surface area contributed by atoms with Gasteiger partial charge in [-0.2, -0.15) is 0 Å². The smallest absolute Gasteiger partial charge is 0.191 e. The lowest BCUT2D eigenvalue weighted by Crippen LogP contribution is -2.36. The molecule has 0 fully saturated rings. The van der Waals surface area contributed by atoms with Crippen molar-refractivity contribution in [2.75, 3.05) is 13.7 Å². The summed E-state index contributed by atoms with van der Waals surface area (Å²) in [6.07, 6.45) is 0. The summed E-state index contributed by atoms with van der Waals surface area (Å²) in [6.45, 7) is 3.75. The number of rotatable bonds is 6. The van der Waals surface area contributed by atoms with Gasteiger partial charge in [-0.25, -0.2) is 4.39 Å². The Kier molecular flexibility index (Phi) is 6.41. The second kappa shape index (κ2) is 8.78. The van der Waals surface area contributed by atoms with Crippen molar-refractivity contribution < 1.29 is 9.13 Å². The van der Waals surface area contributed by atoms with E-state index >= 15 is 0 Å². The SMILES string of the molecule is CCOc1cccc(CNC(=NC)NCc2cccc(F)c2)c1. The van der Waals surface area contributed by atoms with Crippen LogP contribution < -0.4 is 15.4 Å². The zero-order valence-electron chi connectivity index (χ0n) is 13.5. The van der Waals surface area contributed by atoms with Gasteiger partial charge in [-0.05, 0) is 42.3 Å². The molecule has 0 aliphatic heterocycles. The van der Waals surface area contributed by atoms with Crippen LogP contribution in [0.3, 0.4) is 0 Å². The van der Waals surface area contributed by atoms with Crippen LogP contribution in [0.15, 0.2) is 53.5 Å². The van der Waals surface area contributed by atoms with Gasteiger partial charge < -0.3 is 15.4 Å². The normalized spacial score (nSPS) is 11.2. The molecule has 122 valence electrons. The number of guanidine groups is 1. The summed E-state index contributed by atoms with van der Waals surface area (Å²) in [5, 5.41) is 6.39. The van der Waals surface area contributed by atoms with E-state index in [0.717, 1.165) is 16.9 Å². The van der Waals surface area contributed by atoms with Gasteiger partial charge in [0.1, 0.15) is 11.6 Å². The molecular formula is C18H22FN3O. The molecule has 0 atom stereocenters. The van der Waals surface area contributed by atoms with Crippen LogP contribution in [0, 0.1) is 5.82 Å². The molecule has 2 aromatic carbocycles. The first-order valence-electron chi connectivity index (χ1n) is 7.62. The fraction of sp³-hybridized carbons (Fsp3) is 0.278. The van der Waals surface area contributed by atoms with Crippen LogP contribution in [0.25, 0.3) is 0 Å². The second-order valence-electron chi connectivity index (χ2n) is 4.99. The van der Waals surface area contributed by atoms with Crippen molar-refractivity contribution in [3.63, 3.8) is 0 Å². The van der Waals surface area contributed by atoms with Gasteiger partial charge in [0, 0.05) is 20.1 Å². The molecule has 5 heteroatoms. The molecule has 0 aromatic heterocycles. The summed E-state index contributed by atoms with van der Waals surface area (Å²) in [7, 11) is 1.71. The first-order valence-corrected chi connectivity index (χ1v) is 7.62. The number of hydrogen-bond donors (Lipinski definition) is 2. The van der Waals surface area contributed by atoms with Gasteiger partial charge in [0.15, 0.2) is 5.96 Å². The Balaban J connectivity index is 1.86. The van der Waals surface area contributed by atoms with E-state index < -0.39 is 0 Å². The zero-order valence-corrected chi connectivity index (χ0v) is 13.5. The highest BCUT2D eigenvalue weighted by molar-refractivity contribution is 5.79. The van der Waals surface area contributed by atoms with E-state index in [1.807, 2.05) is 37.3 Å². The number of hydrogen-bond acceptors (Lipinski definition) is 2. The third-order valence-corrected chi connectivity index (χ3v) is 3.24. The molecule has 0 saturated heterocycles. The zero-order chi connectivity index (χ0) is 16.5. The minimum absolute atomic E-state index is 0.236. The maximum atomic E-state index is 13.2. The molecule has 0 aliphatic rings. The third-order valence-electron chi connectivity index (χ3n) is 3.24. The lowest BCUT2D eigenvalue weighted by atomic mass is 10.2. The molecule has 2 aromatic rings. The Morgan fingerprint density at radius 3 is 2.30 bits per heavy atom. The van der Waals surface area contributed by atoms with Crippen LogP contribution >= 0.6 is 0 Å². The van der Waals surface area contributed by atoms with Gasteiger partial charge in [-0.1, -0.05) is 24.3 Å². The van der Waals surface area contributed by atoms with Crippen LogP contribution in [-0.2, 0) is 13.1 Å². The van der Waals surface area contributed by atoms with E-state index in [0.29, 0.717) is 25.7 Å². The highest BCUT2D eigenvalue weighted by Crippen LogP contribution is 2.12. The fourth-order valence-corrected chi connectivity index (χ4v) is 2.15. The van der Waals surface area contributed by atoms with Crippen molar-refractivity contribution in [1.82, 2.24) is 10.6 Å². The number of nitrogens with one attached hydrogen (secondary N) is 2. The average molecular weight is 315 g/mol. The largest absolute Gasteiger partial charge is 0.494 e. The topological polar surface area (TPSA) is 45.6 Å². The summed E-state index contributed by atoms with van der Waals surface area (Å²) in [5.41, 5.74) is 1.97. The predicted octanol–water partition coefficient (Wildman–Crippen LogP) is 3.09. The molecule has 4 nitrogen and oxygen atoms in total. The first kappa shape index (κ1) is 16.8. The minimum atomic E-state index is -0.236. The Morgan fingerprint density at radius 2 is 1.70 bits per heavy atom. The summed E-state index contributed by atoms with van der Waals surface area (Å²) in [4.78, 5) is 4.17. The van der Waals surface area contributed by atoms with E-state index in [4.69, 9.17) is 4.74 Å². The lowest BCUT2D eigenvalue weighted by molar-refractivity contribution is 0.340. The quantitative estimate of drug-likeness (QED) is 0.636. The average Bonchev–Trinajstić information content (AvgIpc) is 2.56. The van der Waals surface area contributed by atoms with Crippen LogP contribution in [0.5, 0.6) is 5.75 Å². The van der Waals surface area contributed by atoms with E-state index in [-0.39, 0.29) is 5.82 Å². The summed E-state index contributed by atoms with van der Waals surface area (Å²) < 4.78 is 18.6. The van der Waals surface area contributed by atoms with Crippen LogP contribution in [-0.4, -0.2) is 19.6 Å². The summed E-state index contributed by atoms with van der Waals surface area (Å²) in [5.74, 6) is 1.28. The number of benzene rings is 2. The number of nitrogens with zero attached hydrogens (tertiary/aromatic N) is 1. The van der Waals surface area contributed by atoms with Gasteiger partial charge in [-0.3, -0.25) is 4.99 Å². The number of ether oxygens (including phenoxy) is 1. The molecule has 2 rings (SSSR count). The van der Waals surface area contributed by atoms with E-state index in [9.17, 15) is 4.39 Å². The van der Waals surface area contributed by atoms with Crippen LogP contribution in [0.2, 0.25) is 0 Å². The van der Waals surface area contributed by atoms with Gasteiger partial charge in [0.05, 0.1) is 6.61 Å². The van der Waals surface area contributed by atoms with E-state index in [1.165, 1.54) is 12.1 Å².